The highest BCUT2D eigenvalue weighted by atomic mass is 32.2. The van der Waals surface area contributed by atoms with Crippen LogP contribution in [0.25, 0.3) is 0 Å². The minimum absolute atomic E-state index is 0.00976. The second-order valence-corrected chi connectivity index (χ2v) is 5.41. The van der Waals surface area contributed by atoms with Gasteiger partial charge in [-0.15, -0.1) is 0 Å². The first-order valence-electron chi connectivity index (χ1n) is 5.40. The van der Waals surface area contributed by atoms with Crippen LogP contribution in [0.4, 0.5) is 0 Å². The molecule has 0 bridgehead atoms. The van der Waals surface area contributed by atoms with Gasteiger partial charge in [0.2, 0.25) is 5.09 Å². The van der Waals surface area contributed by atoms with Crippen molar-refractivity contribution in [1.29, 1.82) is 0 Å². The predicted molar refractivity (Wildman–Crippen MR) is 63.0 cm³/mol. The van der Waals surface area contributed by atoms with Gasteiger partial charge in [0.05, 0.1) is 13.2 Å². The van der Waals surface area contributed by atoms with E-state index in [9.17, 15) is 8.42 Å². The van der Waals surface area contributed by atoms with Gasteiger partial charge < -0.3 is 14.8 Å². The summed E-state index contributed by atoms with van der Waals surface area (Å²) >= 11 is 0. The van der Waals surface area contributed by atoms with Gasteiger partial charge in [-0.2, -0.15) is 0 Å². The minimum atomic E-state index is -3.52. The fraction of sp³-hybridized carbons (Fsp3) is 0.600. The van der Waals surface area contributed by atoms with Gasteiger partial charge in [0.15, 0.2) is 0 Å². The molecule has 17 heavy (non-hydrogen) atoms. The third-order valence-electron chi connectivity index (χ3n) is 2.45. The lowest BCUT2D eigenvalue weighted by Crippen LogP contribution is -2.31. The summed E-state index contributed by atoms with van der Waals surface area (Å²) < 4.78 is 30.2. The number of hydrogen-bond donors (Lipinski definition) is 3. The van der Waals surface area contributed by atoms with Crippen LogP contribution in [0.2, 0.25) is 0 Å². The fourth-order valence-corrected chi connectivity index (χ4v) is 1.95. The van der Waals surface area contributed by atoms with Crippen LogP contribution in [0.5, 0.6) is 0 Å². The molecule has 7 heteroatoms. The van der Waals surface area contributed by atoms with Gasteiger partial charge in [0, 0.05) is 6.04 Å². The molecule has 1 heterocycles. The monoisotopic (exact) mass is 262 g/mol. The number of aliphatic hydroxyl groups excluding tert-OH is 1. The molecule has 0 aliphatic rings. The summed E-state index contributed by atoms with van der Waals surface area (Å²) in [6.07, 6.45) is 0.791. The van der Waals surface area contributed by atoms with Crippen LogP contribution in [-0.4, -0.2) is 33.2 Å². The Kier molecular flexibility index (Phi) is 5.13. The first-order valence-corrected chi connectivity index (χ1v) is 6.88. The van der Waals surface area contributed by atoms with E-state index < -0.39 is 10.0 Å². The Bertz CT molecular complexity index is 437. The van der Waals surface area contributed by atoms with Crippen molar-refractivity contribution < 1.29 is 17.9 Å². The molecule has 1 aromatic rings. The number of rotatable bonds is 7. The SMILES string of the molecule is CC[C@H](CO)NCc1ccc(S(=O)(=O)NC)o1. The summed E-state index contributed by atoms with van der Waals surface area (Å²) in [4.78, 5) is 0. The van der Waals surface area contributed by atoms with Gasteiger partial charge in [-0.1, -0.05) is 6.92 Å². The normalized spacial score (nSPS) is 13.8. The van der Waals surface area contributed by atoms with Crippen molar-refractivity contribution in [2.75, 3.05) is 13.7 Å². The maximum atomic E-state index is 11.4. The molecule has 0 fully saturated rings. The Morgan fingerprint density at radius 3 is 2.71 bits per heavy atom. The van der Waals surface area contributed by atoms with Crippen molar-refractivity contribution in [3.63, 3.8) is 0 Å². The molecule has 3 N–H and O–H groups in total. The van der Waals surface area contributed by atoms with Gasteiger partial charge in [0.25, 0.3) is 10.0 Å². The molecule has 0 aromatic carbocycles. The molecule has 0 amide bonds. The topological polar surface area (TPSA) is 91.6 Å². The molecule has 0 radical (unpaired) electrons. The van der Waals surface area contributed by atoms with E-state index in [-0.39, 0.29) is 17.7 Å². The van der Waals surface area contributed by atoms with Crippen molar-refractivity contribution >= 4 is 10.0 Å². The van der Waals surface area contributed by atoms with E-state index in [1.165, 1.54) is 13.1 Å². The molecular weight excluding hydrogens is 244 g/mol. The highest BCUT2D eigenvalue weighted by Crippen LogP contribution is 2.13. The summed E-state index contributed by atoms with van der Waals surface area (Å²) in [6, 6.07) is 2.99. The Morgan fingerprint density at radius 1 is 1.47 bits per heavy atom. The third kappa shape index (κ3) is 3.81. The predicted octanol–water partition coefficient (Wildman–Crippen LogP) is 0.0482. The zero-order valence-electron chi connectivity index (χ0n) is 9.93. The molecule has 0 aliphatic heterocycles. The summed E-state index contributed by atoms with van der Waals surface area (Å²) in [5.41, 5.74) is 0. The number of aliphatic hydroxyl groups is 1. The Labute approximate surface area is 101 Å². The fourth-order valence-electron chi connectivity index (χ4n) is 1.28. The van der Waals surface area contributed by atoms with Crippen LogP contribution in [-0.2, 0) is 16.6 Å². The molecule has 0 aliphatic carbocycles. The Hall–Kier alpha value is -0.890. The second kappa shape index (κ2) is 6.15. The molecule has 6 nitrogen and oxygen atoms in total. The maximum Gasteiger partial charge on any atom is 0.273 e. The molecule has 0 saturated heterocycles. The molecule has 0 spiro atoms. The van der Waals surface area contributed by atoms with E-state index in [0.29, 0.717) is 12.3 Å². The van der Waals surface area contributed by atoms with Crippen molar-refractivity contribution in [3.05, 3.63) is 17.9 Å². The zero-order valence-corrected chi connectivity index (χ0v) is 10.8. The van der Waals surface area contributed by atoms with Crippen LogP contribution in [0.3, 0.4) is 0 Å². The number of furan rings is 1. The third-order valence-corrected chi connectivity index (χ3v) is 3.74. The van der Waals surface area contributed by atoms with Crippen LogP contribution < -0.4 is 10.0 Å². The van der Waals surface area contributed by atoms with E-state index in [4.69, 9.17) is 9.52 Å². The van der Waals surface area contributed by atoms with Crippen molar-refractivity contribution in [2.45, 2.75) is 31.0 Å². The lowest BCUT2D eigenvalue weighted by molar-refractivity contribution is 0.234. The smallest absolute Gasteiger partial charge is 0.273 e. The molecule has 0 unspecified atom stereocenters. The van der Waals surface area contributed by atoms with Gasteiger partial charge >= 0.3 is 0 Å². The first-order chi connectivity index (χ1) is 8.03. The van der Waals surface area contributed by atoms with Gasteiger partial charge in [-0.3, -0.25) is 0 Å². The average molecular weight is 262 g/mol. The van der Waals surface area contributed by atoms with Crippen LogP contribution in [0, 0.1) is 0 Å². The van der Waals surface area contributed by atoms with Crippen molar-refractivity contribution in [1.82, 2.24) is 10.0 Å². The standard InChI is InChI=1S/C10H18N2O4S/c1-3-8(7-13)12-6-9-4-5-10(16-9)17(14,15)11-2/h4-5,8,11-13H,3,6-7H2,1-2H3/t8-/m1/s1. The molecule has 1 aromatic heterocycles. The lowest BCUT2D eigenvalue weighted by Gasteiger charge is -2.12. The maximum absolute atomic E-state index is 11.4. The molecule has 1 rings (SSSR count). The molecular formula is C10H18N2O4S. The number of hydrogen-bond acceptors (Lipinski definition) is 5. The Morgan fingerprint density at radius 2 is 2.18 bits per heavy atom. The molecule has 1 atom stereocenters. The van der Waals surface area contributed by atoms with Crippen LogP contribution in [0.1, 0.15) is 19.1 Å². The van der Waals surface area contributed by atoms with Gasteiger partial charge in [0.1, 0.15) is 5.76 Å². The highest BCUT2D eigenvalue weighted by Gasteiger charge is 2.16. The van der Waals surface area contributed by atoms with Crippen molar-refractivity contribution in [3.8, 4) is 0 Å². The number of nitrogens with one attached hydrogen (secondary N) is 2. The minimum Gasteiger partial charge on any atom is -0.447 e. The van der Waals surface area contributed by atoms with E-state index in [2.05, 4.69) is 10.0 Å². The van der Waals surface area contributed by atoms with Gasteiger partial charge in [-0.05, 0) is 25.6 Å². The summed E-state index contributed by atoms with van der Waals surface area (Å²) in [7, 11) is -2.19. The zero-order chi connectivity index (χ0) is 12.9. The first kappa shape index (κ1) is 14.2. The van der Waals surface area contributed by atoms with Gasteiger partial charge in [-0.25, -0.2) is 13.1 Å². The van der Waals surface area contributed by atoms with E-state index in [1.807, 2.05) is 6.92 Å². The Balaban J connectivity index is 2.64. The summed E-state index contributed by atoms with van der Waals surface area (Å²) in [5, 5.41) is 11.9. The highest BCUT2D eigenvalue weighted by molar-refractivity contribution is 7.89. The van der Waals surface area contributed by atoms with Crippen molar-refractivity contribution in [2.24, 2.45) is 0 Å². The van der Waals surface area contributed by atoms with Crippen LogP contribution in [0.15, 0.2) is 21.6 Å². The summed E-state index contributed by atoms with van der Waals surface area (Å²) in [5.74, 6) is 0.519. The van der Waals surface area contributed by atoms with E-state index in [1.54, 1.807) is 6.07 Å². The number of sulfonamides is 1. The largest absolute Gasteiger partial charge is 0.447 e. The van der Waals surface area contributed by atoms with Crippen LogP contribution >= 0.6 is 0 Å². The molecule has 0 saturated carbocycles. The molecule has 98 valence electrons. The second-order valence-electron chi connectivity index (χ2n) is 3.60. The lowest BCUT2D eigenvalue weighted by atomic mass is 10.2. The summed E-state index contributed by atoms with van der Waals surface area (Å²) in [6.45, 7) is 2.38. The van der Waals surface area contributed by atoms with E-state index in [0.717, 1.165) is 6.42 Å². The quantitative estimate of drug-likeness (QED) is 0.645. The average Bonchev–Trinajstić information content (AvgIpc) is 2.80. The van der Waals surface area contributed by atoms with E-state index >= 15 is 0 Å².